The predicted octanol–water partition coefficient (Wildman–Crippen LogP) is 4.35. The highest BCUT2D eigenvalue weighted by molar-refractivity contribution is 8.01. The molecular weight excluding hydrogens is 202 g/mol. The van der Waals surface area contributed by atoms with Crippen molar-refractivity contribution >= 4 is 17.6 Å². The molecule has 0 heterocycles. The van der Waals surface area contributed by atoms with Crippen molar-refractivity contribution < 1.29 is 0 Å². The highest BCUT2D eigenvalue weighted by Crippen LogP contribution is 2.32. The van der Waals surface area contributed by atoms with Crippen molar-refractivity contribution in [2.45, 2.75) is 45.4 Å². The molecule has 0 saturated carbocycles. The third-order valence-corrected chi connectivity index (χ3v) is 3.31. The Morgan fingerprint density at radius 2 is 1.60 bits per heavy atom. The summed E-state index contributed by atoms with van der Waals surface area (Å²) in [5.41, 5.74) is 1.43. The zero-order valence-corrected chi connectivity index (χ0v) is 11.1. The van der Waals surface area contributed by atoms with Crippen molar-refractivity contribution in [2.24, 2.45) is 0 Å². The van der Waals surface area contributed by atoms with Crippen molar-refractivity contribution in [1.29, 1.82) is 0 Å². The molecular formula is C13H21NS. The molecule has 1 nitrogen and oxygen atoms in total. The number of hydrogen-bond acceptors (Lipinski definition) is 2. The minimum Gasteiger partial charge on any atom is -0.311 e. The fourth-order valence-electron chi connectivity index (χ4n) is 1.38. The molecule has 0 bridgehead atoms. The van der Waals surface area contributed by atoms with Crippen molar-refractivity contribution in [1.82, 2.24) is 0 Å². The fraction of sp³-hybridized carbons (Fsp3) is 0.538. The lowest BCUT2D eigenvalue weighted by atomic mass is 10.1. The summed E-state index contributed by atoms with van der Waals surface area (Å²) >= 11 is 1.89. The SMILES string of the molecule is CC(C)SN(c1ccccc1)C(C)(C)C. The molecule has 0 aliphatic heterocycles. The smallest absolute Gasteiger partial charge is 0.0476 e. The van der Waals surface area contributed by atoms with Gasteiger partial charge in [0.2, 0.25) is 0 Å². The summed E-state index contributed by atoms with van der Waals surface area (Å²) < 4.78 is 2.39. The fourth-order valence-corrected chi connectivity index (χ4v) is 2.36. The van der Waals surface area contributed by atoms with Crippen LogP contribution in [0.5, 0.6) is 0 Å². The van der Waals surface area contributed by atoms with E-state index in [9.17, 15) is 0 Å². The van der Waals surface area contributed by atoms with Crippen LogP contribution in [0.1, 0.15) is 34.6 Å². The van der Waals surface area contributed by atoms with Crippen LogP contribution in [0.25, 0.3) is 0 Å². The standard InChI is InChI=1S/C13H21NS/c1-11(2)15-14(13(3,4)5)12-9-7-6-8-10-12/h6-11H,1-5H3. The molecule has 0 aromatic heterocycles. The molecule has 0 saturated heterocycles. The zero-order chi connectivity index (χ0) is 11.5. The number of rotatable bonds is 3. The quantitative estimate of drug-likeness (QED) is 0.701. The summed E-state index contributed by atoms with van der Waals surface area (Å²) in [4.78, 5) is 0. The van der Waals surface area contributed by atoms with Gasteiger partial charge in [0.1, 0.15) is 0 Å². The molecule has 0 amide bonds. The minimum absolute atomic E-state index is 0.149. The van der Waals surface area contributed by atoms with Gasteiger partial charge in [-0.05, 0) is 44.9 Å². The first-order chi connectivity index (χ1) is 6.91. The van der Waals surface area contributed by atoms with Crippen molar-refractivity contribution in [2.75, 3.05) is 4.31 Å². The van der Waals surface area contributed by atoms with E-state index in [4.69, 9.17) is 0 Å². The Kier molecular flexibility index (Phi) is 4.09. The lowest BCUT2D eigenvalue weighted by molar-refractivity contribution is 0.588. The summed E-state index contributed by atoms with van der Waals surface area (Å²) in [5, 5.41) is 0.601. The molecule has 1 aromatic carbocycles. The molecule has 0 unspecified atom stereocenters. The molecule has 0 radical (unpaired) electrons. The van der Waals surface area contributed by atoms with E-state index in [1.54, 1.807) is 0 Å². The van der Waals surface area contributed by atoms with Gasteiger partial charge in [0.25, 0.3) is 0 Å². The maximum absolute atomic E-state index is 2.39. The van der Waals surface area contributed by atoms with E-state index in [0.29, 0.717) is 5.25 Å². The van der Waals surface area contributed by atoms with Gasteiger partial charge in [-0.2, -0.15) is 0 Å². The number of nitrogens with zero attached hydrogens (tertiary/aromatic N) is 1. The average Bonchev–Trinajstić information content (AvgIpc) is 2.14. The maximum atomic E-state index is 2.39. The van der Waals surface area contributed by atoms with Gasteiger partial charge in [-0.1, -0.05) is 32.0 Å². The van der Waals surface area contributed by atoms with Gasteiger partial charge in [0.05, 0.1) is 0 Å². The number of benzene rings is 1. The second kappa shape index (κ2) is 4.93. The van der Waals surface area contributed by atoms with Crippen molar-refractivity contribution in [3.05, 3.63) is 30.3 Å². The van der Waals surface area contributed by atoms with Gasteiger partial charge >= 0.3 is 0 Å². The molecule has 15 heavy (non-hydrogen) atoms. The molecule has 0 spiro atoms. The first-order valence-electron chi connectivity index (χ1n) is 5.43. The van der Waals surface area contributed by atoms with Gasteiger partial charge in [0.15, 0.2) is 0 Å². The number of hydrogen-bond donors (Lipinski definition) is 0. The summed E-state index contributed by atoms with van der Waals surface area (Å²) in [6.07, 6.45) is 0. The molecule has 0 aliphatic rings. The molecule has 2 heteroatoms. The normalized spacial score (nSPS) is 11.9. The second-order valence-electron chi connectivity index (χ2n) is 4.95. The Hall–Kier alpha value is -0.630. The predicted molar refractivity (Wildman–Crippen MR) is 71.4 cm³/mol. The van der Waals surface area contributed by atoms with Crippen LogP contribution >= 0.6 is 11.9 Å². The lowest BCUT2D eigenvalue weighted by Crippen LogP contribution is -2.37. The molecule has 1 aromatic rings. The summed E-state index contributed by atoms with van der Waals surface area (Å²) in [6, 6.07) is 10.6. The molecule has 84 valence electrons. The van der Waals surface area contributed by atoms with E-state index in [1.807, 2.05) is 11.9 Å². The molecule has 0 N–H and O–H groups in total. The van der Waals surface area contributed by atoms with Gasteiger partial charge < -0.3 is 4.31 Å². The van der Waals surface area contributed by atoms with E-state index in [0.717, 1.165) is 0 Å². The van der Waals surface area contributed by atoms with E-state index >= 15 is 0 Å². The maximum Gasteiger partial charge on any atom is 0.0476 e. The van der Waals surface area contributed by atoms with Crippen LogP contribution < -0.4 is 4.31 Å². The number of anilines is 1. The largest absolute Gasteiger partial charge is 0.311 e. The van der Waals surface area contributed by atoms with Gasteiger partial charge in [-0.3, -0.25) is 0 Å². The van der Waals surface area contributed by atoms with Crippen LogP contribution in [0.15, 0.2) is 30.3 Å². The van der Waals surface area contributed by atoms with Crippen molar-refractivity contribution in [3.63, 3.8) is 0 Å². The van der Waals surface area contributed by atoms with E-state index in [2.05, 4.69) is 69.3 Å². The van der Waals surface area contributed by atoms with E-state index < -0.39 is 0 Å². The minimum atomic E-state index is 0.149. The first-order valence-corrected chi connectivity index (χ1v) is 6.27. The Morgan fingerprint density at radius 3 is 2.00 bits per heavy atom. The number of para-hydroxylation sites is 1. The Morgan fingerprint density at radius 1 is 1.07 bits per heavy atom. The van der Waals surface area contributed by atoms with Crippen LogP contribution in [0.4, 0.5) is 5.69 Å². The average molecular weight is 223 g/mol. The first kappa shape index (κ1) is 12.4. The summed E-state index contributed by atoms with van der Waals surface area (Å²) in [7, 11) is 0. The zero-order valence-electron chi connectivity index (χ0n) is 10.3. The van der Waals surface area contributed by atoms with E-state index in [-0.39, 0.29) is 5.54 Å². The third kappa shape index (κ3) is 3.78. The van der Waals surface area contributed by atoms with Gasteiger partial charge in [-0.15, -0.1) is 0 Å². The highest BCUT2D eigenvalue weighted by Gasteiger charge is 2.23. The van der Waals surface area contributed by atoms with Crippen LogP contribution in [-0.4, -0.2) is 10.8 Å². The topological polar surface area (TPSA) is 3.24 Å². The van der Waals surface area contributed by atoms with E-state index in [1.165, 1.54) is 5.69 Å². The van der Waals surface area contributed by atoms with Crippen LogP contribution in [0, 0.1) is 0 Å². The third-order valence-electron chi connectivity index (χ3n) is 1.92. The molecule has 0 atom stereocenters. The molecule has 0 fully saturated rings. The van der Waals surface area contributed by atoms with Gasteiger partial charge in [0, 0.05) is 16.5 Å². The van der Waals surface area contributed by atoms with Crippen LogP contribution in [0.3, 0.4) is 0 Å². The second-order valence-corrected chi connectivity index (χ2v) is 6.47. The highest BCUT2D eigenvalue weighted by atomic mass is 32.2. The lowest BCUT2D eigenvalue weighted by Gasteiger charge is -2.37. The van der Waals surface area contributed by atoms with Crippen LogP contribution in [-0.2, 0) is 0 Å². The van der Waals surface area contributed by atoms with Crippen molar-refractivity contribution in [3.8, 4) is 0 Å². The molecule has 1 rings (SSSR count). The Bertz CT molecular complexity index is 287. The Balaban J connectivity index is 2.92. The monoisotopic (exact) mass is 223 g/mol. The van der Waals surface area contributed by atoms with Gasteiger partial charge in [-0.25, -0.2) is 0 Å². The molecule has 0 aliphatic carbocycles. The summed E-state index contributed by atoms with van der Waals surface area (Å²) in [5.74, 6) is 0. The van der Waals surface area contributed by atoms with Crippen LogP contribution in [0.2, 0.25) is 0 Å². The summed E-state index contributed by atoms with van der Waals surface area (Å²) in [6.45, 7) is 11.2. The Labute approximate surface area is 98.0 Å².